The Hall–Kier alpha value is -1.71. The summed E-state index contributed by atoms with van der Waals surface area (Å²) >= 11 is 0. The molecule has 74 valence electrons. The van der Waals surface area contributed by atoms with Crippen molar-refractivity contribution in [2.75, 3.05) is 11.1 Å². The normalized spacial score (nSPS) is 11.1. The minimum absolute atomic E-state index is 0.324. The summed E-state index contributed by atoms with van der Waals surface area (Å²) in [6, 6.07) is 5.80. The molecule has 1 aromatic carbocycles. The summed E-state index contributed by atoms with van der Waals surface area (Å²) in [4.78, 5) is 0. The molecule has 0 aliphatic heterocycles. The zero-order valence-electron chi connectivity index (χ0n) is 8.24. The first-order chi connectivity index (χ1) is 6.66. The minimum atomic E-state index is 0.324. The van der Waals surface area contributed by atoms with Crippen LogP contribution in [0, 0.1) is 0 Å². The molecule has 0 aliphatic carbocycles. The van der Waals surface area contributed by atoms with Crippen LogP contribution in [0.15, 0.2) is 22.7 Å². The summed E-state index contributed by atoms with van der Waals surface area (Å²) in [6.45, 7) is 4.10. The molecule has 3 N–H and O–H groups in total. The van der Waals surface area contributed by atoms with Crippen molar-refractivity contribution in [2.45, 2.75) is 19.9 Å². The van der Waals surface area contributed by atoms with Gasteiger partial charge in [-0.15, -0.1) is 0 Å². The first-order valence-electron chi connectivity index (χ1n) is 4.58. The summed E-state index contributed by atoms with van der Waals surface area (Å²) < 4.78 is 5.14. The maximum absolute atomic E-state index is 5.69. The number of rotatable bonds is 2. The molecule has 2 rings (SSSR count). The lowest BCUT2D eigenvalue weighted by molar-refractivity contribution is 0.458. The molecule has 4 nitrogen and oxygen atoms in total. The van der Waals surface area contributed by atoms with Gasteiger partial charge in [0.1, 0.15) is 0 Å². The van der Waals surface area contributed by atoms with Gasteiger partial charge in [0, 0.05) is 11.7 Å². The van der Waals surface area contributed by atoms with Crippen LogP contribution in [-0.2, 0) is 0 Å². The molecular weight excluding hydrogens is 178 g/mol. The van der Waals surface area contributed by atoms with Gasteiger partial charge >= 0.3 is 0 Å². The van der Waals surface area contributed by atoms with Crippen molar-refractivity contribution in [1.29, 1.82) is 0 Å². The smallest absolute Gasteiger partial charge is 0.177 e. The zero-order valence-corrected chi connectivity index (χ0v) is 8.24. The van der Waals surface area contributed by atoms with Crippen molar-refractivity contribution < 1.29 is 4.52 Å². The Morgan fingerprint density at radius 1 is 1.43 bits per heavy atom. The lowest BCUT2D eigenvalue weighted by Crippen LogP contribution is -2.09. The van der Waals surface area contributed by atoms with Gasteiger partial charge in [0.15, 0.2) is 11.4 Å². The van der Waals surface area contributed by atoms with E-state index in [9.17, 15) is 0 Å². The van der Waals surface area contributed by atoms with Crippen LogP contribution >= 0.6 is 0 Å². The molecule has 0 saturated heterocycles. The van der Waals surface area contributed by atoms with Gasteiger partial charge in [0.05, 0.1) is 5.39 Å². The summed E-state index contributed by atoms with van der Waals surface area (Å²) in [5, 5.41) is 8.06. The number of nitrogens with two attached hydrogens (primary N) is 1. The molecule has 2 aromatic rings. The number of aromatic nitrogens is 1. The van der Waals surface area contributed by atoms with Crippen LogP contribution in [0.5, 0.6) is 0 Å². The first-order valence-corrected chi connectivity index (χ1v) is 4.58. The topological polar surface area (TPSA) is 64.1 Å². The number of nitrogens with one attached hydrogen (secondary N) is 1. The van der Waals surface area contributed by atoms with Crippen LogP contribution in [0.1, 0.15) is 13.8 Å². The van der Waals surface area contributed by atoms with Gasteiger partial charge in [0.2, 0.25) is 0 Å². The molecule has 0 bridgehead atoms. The molecule has 14 heavy (non-hydrogen) atoms. The highest BCUT2D eigenvalue weighted by Gasteiger charge is 2.08. The zero-order chi connectivity index (χ0) is 10.1. The second-order valence-electron chi connectivity index (χ2n) is 3.59. The molecule has 4 heteroatoms. The molecule has 0 fully saturated rings. The number of anilines is 2. The average Bonchev–Trinajstić information content (AvgIpc) is 2.47. The van der Waals surface area contributed by atoms with Crippen molar-refractivity contribution in [3.8, 4) is 0 Å². The Kier molecular flexibility index (Phi) is 2.04. The van der Waals surface area contributed by atoms with Crippen molar-refractivity contribution >= 4 is 22.5 Å². The molecule has 0 aliphatic rings. The molecule has 0 saturated carbocycles. The van der Waals surface area contributed by atoms with Crippen molar-refractivity contribution in [1.82, 2.24) is 5.16 Å². The van der Waals surface area contributed by atoms with Gasteiger partial charge in [-0.25, -0.2) is 0 Å². The third kappa shape index (κ3) is 1.51. The molecule has 0 amide bonds. The highest BCUT2D eigenvalue weighted by molar-refractivity contribution is 5.90. The minimum Gasteiger partial charge on any atom is -0.399 e. The van der Waals surface area contributed by atoms with Gasteiger partial charge in [-0.1, -0.05) is 5.16 Å². The lowest BCUT2D eigenvalue weighted by Gasteiger charge is -2.05. The Labute approximate surface area is 82.1 Å². The standard InChI is InChI=1S/C10H13N3O/c1-6(2)12-10-8-5-7(11)3-4-9(8)14-13-10/h3-6H,11H2,1-2H3,(H,12,13). The first kappa shape index (κ1) is 8.87. The predicted molar refractivity (Wildman–Crippen MR) is 57.2 cm³/mol. The maximum Gasteiger partial charge on any atom is 0.177 e. The van der Waals surface area contributed by atoms with Crippen LogP contribution in [0.25, 0.3) is 11.0 Å². The molecule has 0 radical (unpaired) electrons. The largest absolute Gasteiger partial charge is 0.399 e. The fourth-order valence-electron chi connectivity index (χ4n) is 1.33. The summed E-state index contributed by atoms with van der Waals surface area (Å²) in [6.07, 6.45) is 0. The van der Waals surface area contributed by atoms with E-state index >= 15 is 0 Å². The van der Waals surface area contributed by atoms with E-state index in [1.54, 1.807) is 6.07 Å². The second-order valence-corrected chi connectivity index (χ2v) is 3.59. The molecule has 0 spiro atoms. The molecule has 0 unspecified atom stereocenters. The Morgan fingerprint density at radius 3 is 2.93 bits per heavy atom. The van der Waals surface area contributed by atoms with Gasteiger partial charge in [-0.3, -0.25) is 0 Å². The average molecular weight is 191 g/mol. The fraction of sp³-hybridized carbons (Fsp3) is 0.300. The van der Waals surface area contributed by atoms with Crippen LogP contribution in [0.4, 0.5) is 11.5 Å². The summed E-state index contributed by atoms with van der Waals surface area (Å²) in [5.41, 5.74) is 7.15. The fourth-order valence-corrected chi connectivity index (χ4v) is 1.33. The summed E-state index contributed by atoms with van der Waals surface area (Å²) in [5.74, 6) is 0.752. The molecular formula is C10H13N3O. The number of hydrogen-bond acceptors (Lipinski definition) is 4. The van der Waals surface area contributed by atoms with Gasteiger partial charge in [0.25, 0.3) is 0 Å². The van der Waals surface area contributed by atoms with E-state index in [1.165, 1.54) is 0 Å². The van der Waals surface area contributed by atoms with Crippen LogP contribution in [-0.4, -0.2) is 11.2 Å². The van der Waals surface area contributed by atoms with E-state index in [2.05, 4.69) is 10.5 Å². The van der Waals surface area contributed by atoms with E-state index < -0.39 is 0 Å². The molecule has 1 aromatic heterocycles. The number of hydrogen-bond donors (Lipinski definition) is 2. The second kappa shape index (κ2) is 3.21. The summed E-state index contributed by atoms with van der Waals surface area (Å²) in [7, 11) is 0. The van der Waals surface area contributed by atoms with E-state index in [4.69, 9.17) is 10.3 Å². The molecule has 0 atom stereocenters. The number of nitrogens with zero attached hydrogens (tertiary/aromatic N) is 1. The number of benzene rings is 1. The number of nitrogen functional groups attached to an aromatic ring is 1. The van der Waals surface area contributed by atoms with Gasteiger partial charge in [-0.05, 0) is 32.0 Å². The van der Waals surface area contributed by atoms with E-state index in [0.29, 0.717) is 11.7 Å². The van der Waals surface area contributed by atoms with Gasteiger partial charge < -0.3 is 15.6 Å². The van der Waals surface area contributed by atoms with Crippen LogP contribution in [0.2, 0.25) is 0 Å². The highest BCUT2D eigenvalue weighted by atomic mass is 16.5. The van der Waals surface area contributed by atoms with Crippen molar-refractivity contribution in [3.05, 3.63) is 18.2 Å². The Morgan fingerprint density at radius 2 is 2.21 bits per heavy atom. The quantitative estimate of drug-likeness (QED) is 0.714. The van der Waals surface area contributed by atoms with E-state index in [0.717, 1.165) is 16.8 Å². The number of fused-ring (bicyclic) bond motifs is 1. The Bertz CT molecular complexity index is 448. The maximum atomic E-state index is 5.69. The van der Waals surface area contributed by atoms with E-state index in [-0.39, 0.29) is 0 Å². The molecule has 1 heterocycles. The van der Waals surface area contributed by atoms with E-state index in [1.807, 2.05) is 26.0 Å². The Balaban J connectivity index is 2.50. The third-order valence-electron chi connectivity index (χ3n) is 1.92. The van der Waals surface area contributed by atoms with Crippen molar-refractivity contribution in [2.24, 2.45) is 0 Å². The SMILES string of the molecule is CC(C)Nc1noc2ccc(N)cc12. The lowest BCUT2D eigenvalue weighted by atomic mass is 10.2. The monoisotopic (exact) mass is 191 g/mol. The van der Waals surface area contributed by atoms with Crippen LogP contribution < -0.4 is 11.1 Å². The van der Waals surface area contributed by atoms with Crippen LogP contribution in [0.3, 0.4) is 0 Å². The van der Waals surface area contributed by atoms with Gasteiger partial charge in [-0.2, -0.15) is 0 Å². The third-order valence-corrected chi connectivity index (χ3v) is 1.92. The highest BCUT2D eigenvalue weighted by Crippen LogP contribution is 2.25. The van der Waals surface area contributed by atoms with Crippen molar-refractivity contribution in [3.63, 3.8) is 0 Å². The predicted octanol–water partition coefficient (Wildman–Crippen LogP) is 2.23.